The van der Waals surface area contributed by atoms with Gasteiger partial charge in [0.25, 0.3) is 0 Å². The summed E-state index contributed by atoms with van der Waals surface area (Å²) >= 11 is 6.02. The van der Waals surface area contributed by atoms with Crippen molar-refractivity contribution in [3.8, 4) is 0 Å². The average molecular weight is 372 g/mol. The predicted molar refractivity (Wildman–Crippen MR) is 71.6 cm³/mol. The zero-order valence-corrected chi connectivity index (χ0v) is 12.8. The molecule has 16 heavy (non-hydrogen) atoms. The Hall–Kier alpha value is 0.0900. The van der Waals surface area contributed by atoms with E-state index in [1.807, 2.05) is 13.0 Å². The van der Waals surface area contributed by atoms with E-state index >= 15 is 0 Å². The quantitative estimate of drug-likeness (QED) is 0.830. The number of aliphatic hydroxyl groups is 1. The molecule has 1 aromatic rings. The van der Waals surface area contributed by atoms with E-state index in [9.17, 15) is 13.5 Å². The summed E-state index contributed by atoms with van der Waals surface area (Å²) in [6, 6.07) is 7.07. The number of rotatable bonds is 3. The molecule has 0 fully saturated rings. The highest BCUT2D eigenvalue weighted by Crippen LogP contribution is 2.43. The van der Waals surface area contributed by atoms with Crippen molar-refractivity contribution in [2.24, 2.45) is 0 Å². The SMILES string of the molecule is Cc1cccc(C(O)C(Br)(Br)S(C)(=O)=O)c1. The van der Waals surface area contributed by atoms with Gasteiger partial charge in [0.2, 0.25) is 2.57 Å². The van der Waals surface area contributed by atoms with Gasteiger partial charge in [0.1, 0.15) is 6.10 Å². The number of aliphatic hydroxyl groups excluding tert-OH is 1. The molecule has 1 unspecified atom stereocenters. The van der Waals surface area contributed by atoms with Crippen molar-refractivity contribution in [2.45, 2.75) is 15.6 Å². The minimum Gasteiger partial charge on any atom is -0.385 e. The number of hydrogen-bond acceptors (Lipinski definition) is 3. The summed E-state index contributed by atoms with van der Waals surface area (Å²) in [4.78, 5) is 0. The van der Waals surface area contributed by atoms with Gasteiger partial charge in [-0.2, -0.15) is 0 Å². The second kappa shape index (κ2) is 4.76. The highest BCUT2D eigenvalue weighted by molar-refractivity contribution is 9.27. The highest BCUT2D eigenvalue weighted by Gasteiger charge is 2.43. The van der Waals surface area contributed by atoms with E-state index in [1.54, 1.807) is 18.2 Å². The summed E-state index contributed by atoms with van der Waals surface area (Å²) in [6.45, 7) is 1.88. The van der Waals surface area contributed by atoms with Crippen molar-refractivity contribution >= 4 is 41.7 Å². The molecule has 0 radical (unpaired) electrons. The molecular weight excluding hydrogens is 360 g/mol. The Bertz CT molecular complexity index is 483. The molecule has 1 N–H and O–H groups in total. The predicted octanol–water partition coefficient (Wildman–Crippen LogP) is 2.52. The molecule has 6 heteroatoms. The maximum atomic E-state index is 11.5. The van der Waals surface area contributed by atoms with Crippen molar-refractivity contribution in [3.05, 3.63) is 35.4 Å². The number of alkyl halides is 2. The molecule has 0 aliphatic rings. The Labute approximate surface area is 112 Å². The smallest absolute Gasteiger partial charge is 0.210 e. The fraction of sp³-hybridized carbons (Fsp3) is 0.400. The van der Waals surface area contributed by atoms with Crippen LogP contribution in [0.1, 0.15) is 17.2 Å². The number of hydrogen-bond donors (Lipinski definition) is 1. The molecule has 0 spiro atoms. The summed E-state index contributed by atoms with van der Waals surface area (Å²) in [7, 11) is -3.48. The maximum absolute atomic E-state index is 11.5. The fourth-order valence-electron chi connectivity index (χ4n) is 1.24. The molecule has 1 atom stereocenters. The first-order valence-corrected chi connectivity index (χ1v) is 7.96. The maximum Gasteiger partial charge on any atom is 0.210 e. The Morgan fingerprint density at radius 2 is 1.94 bits per heavy atom. The molecule has 3 nitrogen and oxygen atoms in total. The van der Waals surface area contributed by atoms with E-state index in [-0.39, 0.29) is 0 Å². The zero-order valence-electron chi connectivity index (χ0n) is 8.81. The second-order valence-corrected chi connectivity index (χ2v) is 10.5. The van der Waals surface area contributed by atoms with Crippen molar-refractivity contribution < 1.29 is 13.5 Å². The molecule has 0 heterocycles. The first-order valence-electron chi connectivity index (χ1n) is 4.48. The largest absolute Gasteiger partial charge is 0.385 e. The van der Waals surface area contributed by atoms with Gasteiger partial charge >= 0.3 is 0 Å². The number of sulfone groups is 1. The van der Waals surface area contributed by atoms with Crippen LogP contribution in [0.4, 0.5) is 0 Å². The van der Waals surface area contributed by atoms with Crippen LogP contribution < -0.4 is 0 Å². The van der Waals surface area contributed by atoms with Crippen LogP contribution in [0.5, 0.6) is 0 Å². The van der Waals surface area contributed by atoms with Gasteiger partial charge in [0, 0.05) is 6.26 Å². The van der Waals surface area contributed by atoms with Crippen LogP contribution >= 0.6 is 31.9 Å². The molecule has 0 aliphatic carbocycles. The molecule has 1 aromatic carbocycles. The monoisotopic (exact) mass is 370 g/mol. The third kappa shape index (κ3) is 2.85. The number of aryl methyl sites for hydroxylation is 1. The Morgan fingerprint density at radius 1 is 1.38 bits per heavy atom. The van der Waals surface area contributed by atoms with Crippen LogP contribution in [0.15, 0.2) is 24.3 Å². The Kier molecular flexibility index (Phi) is 4.21. The standard InChI is InChI=1S/C10H12Br2O3S/c1-7-4-3-5-8(6-7)9(13)10(11,12)16(2,14)15/h3-6,9,13H,1-2H3. The molecule has 1 rings (SSSR count). The molecular formula is C10H12Br2O3S. The summed E-state index contributed by atoms with van der Waals surface area (Å²) in [5, 5.41) is 10.0. The normalized spacial score (nSPS) is 14.8. The van der Waals surface area contributed by atoms with E-state index < -0.39 is 18.5 Å². The summed E-state index contributed by atoms with van der Waals surface area (Å²) in [5.41, 5.74) is 1.50. The van der Waals surface area contributed by atoms with E-state index in [1.165, 1.54) is 0 Å². The van der Waals surface area contributed by atoms with Crippen LogP contribution in [0, 0.1) is 6.92 Å². The molecule has 0 aliphatic heterocycles. The lowest BCUT2D eigenvalue weighted by Crippen LogP contribution is -2.31. The highest BCUT2D eigenvalue weighted by atomic mass is 79.9. The van der Waals surface area contributed by atoms with E-state index in [0.717, 1.165) is 11.8 Å². The second-order valence-electron chi connectivity index (χ2n) is 3.65. The van der Waals surface area contributed by atoms with E-state index in [4.69, 9.17) is 0 Å². The van der Waals surface area contributed by atoms with Gasteiger partial charge in [-0.25, -0.2) is 8.42 Å². The lowest BCUT2D eigenvalue weighted by Gasteiger charge is -2.25. The van der Waals surface area contributed by atoms with Crippen molar-refractivity contribution in [1.82, 2.24) is 0 Å². The zero-order chi connectivity index (χ0) is 12.6. The first-order chi connectivity index (χ1) is 7.16. The first kappa shape index (κ1) is 14.2. The molecule has 0 aromatic heterocycles. The van der Waals surface area contributed by atoms with Crippen LogP contribution in [0.2, 0.25) is 0 Å². The van der Waals surface area contributed by atoms with Crippen molar-refractivity contribution in [1.29, 1.82) is 0 Å². The third-order valence-electron chi connectivity index (χ3n) is 2.17. The minimum absolute atomic E-state index is 0.541. The molecule has 0 saturated carbocycles. The van der Waals surface area contributed by atoms with Crippen LogP contribution in [-0.2, 0) is 9.84 Å². The summed E-state index contributed by atoms with van der Waals surface area (Å²) < 4.78 is 21.4. The van der Waals surface area contributed by atoms with Gasteiger partial charge in [-0.3, -0.25) is 0 Å². The van der Waals surface area contributed by atoms with Crippen LogP contribution in [-0.4, -0.2) is 22.3 Å². The summed E-state index contributed by atoms with van der Waals surface area (Å²) in [6.07, 6.45) is -0.127. The average Bonchev–Trinajstić information content (AvgIpc) is 2.14. The topological polar surface area (TPSA) is 54.4 Å². The third-order valence-corrected chi connectivity index (χ3v) is 7.78. The van der Waals surface area contributed by atoms with Crippen LogP contribution in [0.3, 0.4) is 0 Å². The van der Waals surface area contributed by atoms with Crippen molar-refractivity contribution in [3.63, 3.8) is 0 Å². The molecule has 0 saturated heterocycles. The van der Waals surface area contributed by atoms with Gasteiger partial charge in [0.15, 0.2) is 9.84 Å². The summed E-state index contributed by atoms with van der Waals surface area (Å²) in [5.74, 6) is 0. The van der Waals surface area contributed by atoms with Gasteiger partial charge in [-0.1, -0.05) is 61.7 Å². The van der Waals surface area contributed by atoms with Crippen molar-refractivity contribution in [2.75, 3.05) is 6.26 Å². The van der Waals surface area contributed by atoms with Gasteiger partial charge in [0.05, 0.1) is 0 Å². The lowest BCUT2D eigenvalue weighted by atomic mass is 10.1. The van der Waals surface area contributed by atoms with Gasteiger partial charge < -0.3 is 5.11 Å². The minimum atomic E-state index is -3.48. The van der Waals surface area contributed by atoms with Crippen LogP contribution in [0.25, 0.3) is 0 Å². The fourth-order valence-corrected chi connectivity index (χ4v) is 2.31. The number of halogens is 2. The van der Waals surface area contributed by atoms with Gasteiger partial charge in [-0.05, 0) is 12.5 Å². The van der Waals surface area contributed by atoms with E-state index in [0.29, 0.717) is 5.56 Å². The molecule has 90 valence electrons. The molecule has 0 bridgehead atoms. The lowest BCUT2D eigenvalue weighted by molar-refractivity contribution is 0.189. The molecule has 0 amide bonds. The van der Waals surface area contributed by atoms with E-state index in [2.05, 4.69) is 31.9 Å². The Balaban J connectivity index is 3.17. The number of benzene rings is 1. The van der Waals surface area contributed by atoms with Gasteiger partial charge in [-0.15, -0.1) is 0 Å². The Morgan fingerprint density at radius 3 is 2.38 bits per heavy atom.